The first-order valence-corrected chi connectivity index (χ1v) is 7.93. The number of amides is 2. The topological polar surface area (TPSA) is 93.7 Å². The maximum absolute atomic E-state index is 11.4. The molecule has 0 heterocycles. The smallest absolute Gasteiger partial charge is 0.314 e. The summed E-state index contributed by atoms with van der Waals surface area (Å²) in [7, 11) is 0. The lowest BCUT2D eigenvalue weighted by molar-refractivity contribution is -0.144. The fraction of sp³-hybridized carbons (Fsp3) is 0.800. The summed E-state index contributed by atoms with van der Waals surface area (Å²) in [6.07, 6.45) is 3.74. The van der Waals surface area contributed by atoms with Gasteiger partial charge in [0.05, 0.1) is 13.2 Å². The van der Waals surface area contributed by atoms with Crippen molar-refractivity contribution in [1.82, 2.24) is 10.6 Å². The Labute approximate surface area is 132 Å². The number of carbonyl (C=O) groups excluding carboxylic acids is 3. The molecule has 0 aliphatic carbocycles. The van der Waals surface area contributed by atoms with Crippen molar-refractivity contribution < 1.29 is 23.9 Å². The minimum atomic E-state index is -0.244. The van der Waals surface area contributed by atoms with Gasteiger partial charge in [-0.1, -0.05) is 6.42 Å². The predicted molar refractivity (Wildman–Crippen MR) is 82.4 cm³/mol. The first-order valence-electron chi connectivity index (χ1n) is 7.93. The fourth-order valence-electron chi connectivity index (χ4n) is 1.74. The second-order valence-electron chi connectivity index (χ2n) is 4.71. The van der Waals surface area contributed by atoms with Crippen LogP contribution in [0.2, 0.25) is 0 Å². The van der Waals surface area contributed by atoms with Crippen molar-refractivity contribution in [2.45, 2.75) is 52.4 Å². The predicted octanol–water partition coefficient (Wildman–Crippen LogP) is 1.75. The van der Waals surface area contributed by atoms with Gasteiger partial charge in [-0.3, -0.25) is 9.59 Å². The minimum Gasteiger partial charge on any atom is -0.466 e. The Morgan fingerprint density at radius 2 is 1.23 bits per heavy atom. The van der Waals surface area contributed by atoms with Crippen LogP contribution in [0.15, 0.2) is 0 Å². The van der Waals surface area contributed by atoms with E-state index in [2.05, 4.69) is 10.6 Å². The molecule has 0 spiro atoms. The molecule has 7 heteroatoms. The number of rotatable bonds is 12. The zero-order valence-corrected chi connectivity index (χ0v) is 13.6. The van der Waals surface area contributed by atoms with Gasteiger partial charge in [-0.25, -0.2) is 4.79 Å². The highest BCUT2D eigenvalue weighted by atomic mass is 16.5. The van der Waals surface area contributed by atoms with Crippen molar-refractivity contribution in [3.05, 3.63) is 0 Å². The normalized spacial score (nSPS) is 9.91. The van der Waals surface area contributed by atoms with Crippen LogP contribution in [0.25, 0.3) is 0 Å². The summed E-state index contributed by atoms with van der Waals surface area (Å²) in [5, 5.41) is 5.40. The number of nitrogens with one attached hydrogen (secondary N) is 2. The van der Waals surface area contributed by atoms with Crippen LogP contribution in [0, 0.1) is 0 Å². The Kier molecular flexibility index (Phi) is 13.0. The lowest BCUT2D eigenvalue weighted by Gasteiger charge is -2.07. The summed E-state index contributed by atoms with van der Waals surface area (Å²) in [4.78, 5) is 33.6. The fourth-order valence-corrected chi connectivity index (χ4v) is 1.74. The van der Waals surface area contributed by atoms with E-state index < -0.39 is 0 Å². The molecule has 0 aromatic rings. The molecule has 128 valence electrons. The Morgan fingerprint density at radius 1 is 0.727 bits per heavy atom. The largest absolute Gasteiger partial charge is 0.466 e. The van der Waals surface area contributed by atoms with Gasteiger partial charge in [0.1, 0.15) is 0 Å². The molecule has 0 unspecified atom stereocenters. The van der Waals surface area contributed by atoms with Gasteiger partial charge in [-0.15, -0.1) is 0 Å². The highest BCUT2D eigenvalue weighted by molar-refractivity contribution is 5.74. The molecule has 0 aromatic carbocycles. The number of ether oxygens (including phenoxy) is 2. The van der Waals surface area contributed by atoms with Gasteiger partial charge < -0.3 is 20.1 Å². The summed E-state index contributed by atoms with van der Waals surface area (Å²) in [6, 6.07) is -0.241. The molecular weight excluding hydrogens is 288 g/mol. The van der Waals surface area contributed by atoms with E-state index in [0.29, 0.717) is 45.6 Å². The van der Waals surface area contributed by atoms with Crippen LogP contribution in [0.4, 0.5) is 4.79 Å². The van der Waals surface area contributed by atoms with Crippen LogP contribution >= 0.6 is 0 Å². The van der Waals surface area contributed by atoms with Crippen LogP contribution in [-0.4, -0.2) is 44.3 Å². The molecule has 2 amide bonds. The molecule has 0 bridgehead atoms. The van der Waals surface area contributed by atoms with E-state index in [1.165, 1.54) is 0 Å². The number of unbranched alkanes of at least 4 members (excludes halogenated alkanes) is 2. The van der Waals surface area contributed by atoms with E-state index in [1.807, 2.05) is 0 Å². The van der Waals surface area contributed by atoms with Gasteiger partial charge in [-0.2, -0.15) is 0 Å². The molecule has 7 nitrogen and oxygen atoms in total. The minimum absolute atomic E-state index is 0.171. The maximum atomic E-state index is 11.4. The lowest BCUT2D eigenvalue weighted by atomic mass is 10.2. The van der Waals surface area contributed by atoms with Crippen molar-refractivity contribution in [2.24, 2.45) is 0 Å². The number of hydrogen-bond acceptors (Lipinski definition) is 5. The van der Waals surface area contributed by atoms with E-state index in [1.54, 1.807) is 13.8 Å². The number of esters is 2. The molecule has 0 saturated carbocycles. The molecular formula is C15H28N2O5. The van der Waals surface area contributed by atoms with Crippen LogP contribution < -0.4 is 10.6 Å². The zero-order valence-electron chi connectivity index (χ0n) is 13.6. The van der Waals surface area contributed by atoms with Crippen LogP contribution in [0.5, 0.6) is 0 Å². The Morgan fingerprint density at radius 3 is 1.77 bits per heavy atom. The van der Waals surface area contributed by atoms with Gasteiger partial charge in [0, 0.05) is 25.9 Å². The average molecular weight is 316 g/mol. The molecule has 0 atom stereocenters. The van der Waals surface area contributed by atoms with E-state index in [4.69, 9.17) is 9.47 Å². The highest BCUT2D eigenvalue weighted by Crippen LogP contribution is 2.00. The van der Waals surface area contributed by atoms with Crippen molar-refractivity contribution in [2.75, 3.05) is 26.3 Å². The number of hydrogen-bond donors (Lipinski definition) is 2. The molecule has 0 aliphatic heterocycles. The first kappa shape index (κ1) is 20.2. The van der Waals surface area contributed by atoms with Gasteiger partial charge in [0.2, 0.25) is 0 Å². The molecule has 0 saturated heterocycles. The average Bonchev–Trinajstić information content (AvgIpc) is 2.48. The Bertz CT molecular complexity index is 334. The number of urea groups is 1. The molecule has 22 heavy (non-hydrogen) atoms. The second-order valence-corrected chi connectivity index (χ2v) is 4.71. The Balaban J connectivity index is 3.36. The number of carbonyl (C=O) groups is 3. The third-order valence-corrected chi connectivity index (χ3v) is 2.80. The van der Waals surface area contributed by atoms with Gasteiger partial charge >= 0.3 is 18.0 Å². The van der Waals surface area contributed by atoms with Crippen LogP contribution in [0.3, 0.4) is 0 Å². The quantitative estimate of drug-likeness (QED) is 0.422. The van der Waals surface area contributed by atoms with Gasteiger partial charge in [0.25, 0.3) is 0 Å². The van der Waals surface area contributed by atoms with Crippen molar-refractivity contribution in [3.63, 3.8) is 0 Å². The maximum Gasteiger partial charge on any atom is 0.314 e. The van der Waals surface area contributed by atoms with Crippen LogP contribution in [0.1, 0.15) is 52.4 Å². The second kappa shape index (κ2) is 14.2. The van der Waals surface area contributed by atoms with Crippen LogP contribution in [-0.2, 0) is 19.1 Å². The van der Waals surface area contributed by atoms with Gasteiger partial charge in [-0.05, 0) is 33.1 Å². The molecule has 0 radical (unpaired) electrons. The van der Waals surface area contributed by atoms with Crippen molar-refractivity contribution >= 4 is 18.0 Å². The zero-order chi connectivity index (χ0) is 16.6. The van der Waals surface area contributed by atoms with Gasteiger partial charge in [0.15, 0.2) is 0 Å². The highest BCUT2D eigenvalue weighted by Gasteiger charge is 2.03. The third kappa shape index (κ3) is 13.2. The summed E-state index contributed by atoms with van der Waals surface area (Å²) >= 11 is 0. The standard InChI is InChI=1S/C15H28N2O5/c1-3-21-13(18)9-6-5-7-11-16-15(20)17-12-8-10-14(19)22-4-2/h3-12H2,1-2H3,(H2,16,17,20). The van der Waals surface area contributed by atoms with Crippen molar-refractivity contribution in [3.8, 4) is 0 Å². The van der Waals surface area contributed by atoms with E-state index in [0.717, 1.165) is 19.3 Å². The van der Waals surface area contributed by atoms with E-state index >= 15 is 0 Å². The van der Waals surface area contributed by atoms with E-state index in [9.17, 15) is 14.4 Å². The van der Waals surface area contributed by atoms with Crippen molar-refractivity contribution in [1.29, 1.82) is 0 Å². The SMILES string of the molecule is CCOC(=O)CCCCCNC(=O)NCCCC(=O)OCC. The first-order chi connectivity index (χ1) is 10.6. The summed E-state index contributed by atoms with van der Waals surface area (Å²) in [6.45, 7) is 5.34. The molecule has 0 fully saturated rings. The third-order valence-electron chi connectivity index (χ3n) is 2.80. The Hall–Kier alpha value is -1.79. The molecule has 0 aromatic heterocycles. The molecule has 0 rings (SSSR count). The lowest BCUT2D eigenvalue weighted by Crippen LogP contribution is -2.36. The van der Waals surface area contributed by atoms with E-state index in [-0.39, 0.29) is 18.0 Å². The monoisotopic (exact) mass is 316 g/mol. The molecule has 2 N–H and O–H groups in total. The summed E-state index contributed by atoms with van der Waals surface area (Å²) in [5.74, 6) is -0.416. The molecule has 0 aliphatic rings. The summed E-state index contributed by atoms with van der Waals surface area (Å²) in [5.41, 5.74) is 0. The summed E-state index contributed by atoms with van der Waals surface area (Å²) < 4.78 is 9.61.